The van der Waals surface area contributed by atoms with Crippen molar-refractivity contribution in [3.05, 3.63) is 143 Å². The number of hydrogen-bond donors (Lipinski definition) is 3. The Morgan fingerprint density at radius 2 is 1.18 bits per heavy atom. The van der Waals surface area contributed by atoms with E-state index in [1.54, 1.807) is 0 Å². The molecule has 0 spiro atoms. The SMILES string of the molecule is CC(C)Cc1ccc([C@H](C)C(=O)NC[C@H](CO)NC(c2ccccc2)(c2ccccc2)c2ccccc2)cc1. The predicted molar refractivity (Wildman–Crippen MR) is 160 cm³/mol. The second-order valence-corrected chi connectivity index (χ2v) is 10.7. The lowest BCUT2D eigenvalue weighted by atomic mass is 9.76. The van der Waals surface area contributed by atoms with E-state index in [2.05, 4.69) is 85.1 Å². The molecule has 1 amide bonds. The van der Waals surface area contributed by atoms with Gasteiger partial charge in [0.25, 0.3) is 0 Å². The van der Waals surface area contributed by atoms with E-state index in [4.69, 9.17) is 0 Å². The first-order chi connectivity index (χ1) is 18.9. The molecule has 202 valence electrons. The molecule has 4 aromatic carbocycles. The average molecular weight is 521 g/mol. The summed E-state index contributed by atoms with van der Waals surface area (Å²) in [7, 11) is 0. The number of benzene rings is 4. The monoisotopic (exact) mass is 520 g/mol. The third kappa shape index (κ3) is 6.83. The van der Waals surface area contributed by atoms with Crippen LogP contribution in [0.15, 0.2) is 115 Å². The molecule has 0 saturated heterocycles. The average Bonchev–Trinajstić information content (AvgIpc) is 2.98. The van der Waals surface area contributed by atoms with Crippen LogP contribution in [-0.4, -0.2) is 30.2 Å². The number of hydrogen-bond acceptors (Lipinski definition) is 3. The summed E-state index contributed by atoms with van der Waals surface area (Å²) in [5.41, 5.74) is 4.72. The van der Waals surface area contributed by atoms with E-state index in [1.165, 1.54) is 5.56 Å². The molecule has 3 N–H and O–H groups in total. The molecule has 4 heteroatoms. The lowest BCUT2D eigenvalue weighted by Crippen LogP contribution is -2.54. The van der Waals surface area contributed by atoms with Gasteiger partial charge in [-0.05, 0) is 47.1 Å². The lowest BCUT2D eigenvalue weighted by Gasteiger charge is -2.40. The summed E-state index contributed by atoms with van der Waals surface area (Å²) >= 11 is 0. The van der Waals surface area contributed by atoms with E-state index >= 15 is 0 Å². The third-order valence-electron chi connectivity index (χ3n) is 7.30. The van der Waals surface area contributed by atoms with Crippen LogP contribution in [0, 0.1) is 5.92 Å². The van der Waals surface area contributed by atoms with Crippen LogP contribution in [0.5, 0.6) is 0 Å². The normalized spacial score (nSPS) is 13.2. The number of aliphatic hydroxyl groups is 1. The Morgan fingerprint density at radius 3 is 1.59 bits per heavy atom. The highest BCUT2D eigenvalue weighted by molar-refractivity contribution is 5.83. The molecule has 0 aliphatic carbocycles. The number of rotatable bonds is 12. The van der Waals surface area contributed by atoms with Crippen molar-refractivity contribution >= 4 is 5.91 Å². The van der Waals surface area contributed by atoms with Crippen molar-refractivity contribution in [1.29, 1.82) is 0 Å². The fourth-order valence-electron chi connectivity index (χ4n) is 5.22. The quantitative estimate of drug-likeness (QED) is 0.199. The molecule has 0 aliphatic heterocycles. The minimum absolute atomic E-state index is 0.0587. The summed E-state index contributed by atoms with van der Waals surface area (Å²) in [6.07, 6.45) is 1.02. The number of carbonyl (C=O) groups excluding carboxylic acids is 1. The molecule has 4 aromatic rings. The van der Waals surface area contributed by atoms with Gasteiger partial charge in [-0.25, -0.2) is 0 Å². The zero-order valence-electron chi connectivity index (χ0n) is 23.2. The van der Waals surface area contributed by atoms with Crippen LogP contribution in [0.25, 0.3) is 0 Å². The first-order valence-electron chi connectivity index (χ1n) is 13.9. The maximum Gasteiger partial charge on any atom is 0.227 e. The molecule has 0 saturated carbocycles. The Labute approximate surface area is 233 Å². The van der Waals surface area contributed by atoms with Gasteiger partial charge in [0, 0.05) is 12.6 Å². The van der Waals surface area contributed by atoms with Crippen molar-refractivity contribution in [3.63, 3.8) is 0 Å². The van der Waals surface area contributed by atoms with Gasteiger partial charge in [0.1, 0.15) is 0 Å². The van der Waals surface area contributed by atoms with Crippen LogP contribution < -0.4 is 10.6 Å². The fourth-order valence-corrected chi connectivity index (χ4v) is 5.22. The Balaban J connectivity index is 1.58. The molecule has 4 nitrogen and oxygen atoms in total. The first kappa shape index (κ1) is 28.3. The van der Waals surface area contributed by atoms with Crippen molar-refractivity contribution in [1.82, 2.24) is 10.6 Å². The maximum absolute atomic E-state index is 13.2. The van der Waals surface area contributed by atoms with Crippen LogP contribution in [0.2, 0.25) is 0 Å². The topological polar surface area (TPSA) is 61.4 Å². The van der Waals surface area contributed by atoms with Crippen LogP contribution in [0.1, 0.15) is 54.5 Å². The largest absolute Gasteiger partial charge is 0.395 e. The third-order valence-corrected chi connectivity index (χ3v) is 7.30. The summed E-state index contributed by atoms with van der Waals surface area (Å²) < 4.78 is 0. The van der Waals surface area contributed by atoms with Gasteiger partial charge in [0.05, 0.1) is 18.1 Å². The van der Waals surface area contributed by atoms with E-state index in [0.29, 0.717) is 12.5 Å². The zero-order chi connectivity index (χ0) is 27.7. The van der Waals surface area contributed by atoms with Gasteiger partial charge in [-0.2, -0.15) is 0 Å². The highest BCUT2D eigenvalue weighted by Gasteiger charge is 2.38. The van der Waals surface area contributed by atoms with Crippen molar-refractivity contribution in [2.75, 3.05) is 13.2 Å². The van der Waals surface area contributed by atoms with Crippen molar-refractivity contribution in [2.45, 2.75) is 44.7 Å². The molecule has 0 unspecified atom stereocenters. The molecular weight excluding hydrogens is 480 g/mol. The Hall–Kier alpha value is -3.73. The fraction of sp³-hybridized carbons (Fsp3) is 0.286. The van der Waals surface area contributed by atoms with Gasteiger partial charge in [0.15, 0.2) is 0 Å². The lowest BCUT2D eigenvalue weighted by molar-refractivity contribution is -0.122. The number of amides is 1. The Kier molecular flexibility index (Phi) is 9.69. The van der Waals surface area contributed by atoms with Gasteiger partial charge >= 0.3 is 0 Å². The van der Waals surface area contributed by atoms with Crippen molar-refractivity contribution in [2.24, 2.45) is 5.92 Å². The van der Waals surface area contributed by atoms with Gasteiger partial charge in [-0.15, -0.1) is 0 Å². The molecule has 0 fully saturated rings. The second-order valence-electron chi connectivity index (χ2n) is 10.7. The van der Waals surface area contributed by atoms with Crippen LogP contribution in [0.3, 0.4) is 0 Å². The number of carbonyl (C=O) groups is 1. The van der Waals surface area contributed by atoms with Gasteiger partial charge in [-0.1, -0.05) is 129 Å². The molecule has 0 radical (unpaired) electrons. The smallest absolute Gasteiger partial charge is 0.227 e. The predicted octanol–water partition coefficient (Wildman–Crippen LogP) is 6.05. The number of aliphatic hydroxyl groups excluding tert-OH is 1. The summed E-state index contributed by atoms with van der Waals surface area (Å²) in [5, 5.41) is 17.3. The van der Waals surface area contributed by atoms with Crippen LogP contribution in [-0.2, 0) is 16.8 Å². The summed E-state index contributed by atoms with van der Waals surface area (Å²) in [6.45, 7) is 6.50. The van der Waals surface area contributed by atoms with Crippen molar-refractivity contribution in [3.8, 4) is 0 Å². The van der Waals surface area contributed by atoms with Gasteiger partial charge in [-0.3, -0.25) is 10.1 Å². The summed E-state index contributed by atoms with van der Waals surface area (Å²) in [6, 6.07) is 38.7. The van der Waals surface area contributed by atoms with E-state index in [0.717, 1.165) is 28.7 Å². The standard InChI is InChI=1S/C35H40N2O2/c1-26(2)23-28-19-21-29(22-20-28)27(3)34(39)36-24-33(25-38)37-35(30-13-7-4-8-14-30,31-15-9-5-10-16-31)32-17-11-6-12-18-32/h4-22,26-27,33,37-38H,23-25H2,1-3H3,(H,36,39)/t27-,33+/m0/s1. The molecular formula is C35H40N2O2. The minimum Gasteiger partial charge on any atom is -0.395 e. The number of nitrogens with one attached hydrogen (secondary N) is 2. The molecule has 0 aromatic heterocycles. The Bertz CT molecular complexity index is 1190. The molecule has 39 heavy (non-hydrogen) atoms. The molecule has 0 bridgehead atoms. The molecule has 4 rings (SSSR count). The Morgan fingerprint density at radius 1 is 0.718 bits per heavy atom. The van der Waals surface area contributed by atoms with E-state index in [1.807, 2.05) is 61.5 Å². The highest BCUT2D eigenvalue weighted by atomic mass is 16.3. The molecule has 0 aliphatic rings. The highest BCUT2D eigenvalue weighted by Crippen LogP contribution is 2.37. The van der Waals surface area contributed by atoms with E-state index in [-0.39, 0.29) is 18.4 Å². The van der Waals surface area contributed by atoms with E-state index in [9.17, 15) is 9.90 Å². The van der Waals surface area contributed by atoms with Gasteiger partial charge in [0.2, 0.25) is 5.91 Å². The summed E-state index contributed by atoms with van der Waals surface area (Å²) in [4.78, 5) is 13.2. The maximum atomic E-state index is 13.2. The zero-order valence-corrected chi connectivity index (χ0v) is 23.2. The molecule has 0 heterocycles. The molecule has 2 atom stereocenters. The van der Waals surface area contributed by atoms with Crippen molar-refractivity contribution < 1.29 is 9.90 Å². The second kappa shape index (κ2) is 13.4. The minimum atomic E-state index is -0.722. The van der Waals surface area contributed by atoms with Crippen LogP contribution in [0.4, 0.5) is 0 Å². The van der Waals surface area contributed by atoms with E-state index < -0.39 is 11.6 Å². The summed E-state index contributed by atoms with van der Waals surface area (Å²) in [5.74, 6) is 0.241. The first-order valence-corrected chi connectivity index (χ1v) is 13.9. The van der Waals surface area contributed by atoms with Crippen LogP contribution >= 0.6 is 0 Å². The van der Waals surface area contributed by atoms with Gasteiger partial charge < -0.3 is 10.4 Å².